The van der Waals surface area contributed by atoms with Gasteiger partial charge in [-0.3, -0.25) is 9.59 Å². The van der Waals surface area contributed by atoms with Crippen LogP contribution in [0.1, 0.15) is 12.0 Å². The van der Waals surface area contributed by atoms with Gasteiger partial charge in [0.15, 0.2) is 0 Å². The standard InChI is InChI=1S/C19H15F3N4O4/c20-19(21,22)12-3-1-2-11(8-12)16-25-18(30-26-16)10-4-6-13(7-5-10)24-17(29)14(23)9-15(27)28/h1-8,14H,9,23H2,(H,24,29)(H,27,28). The number of amides is 1. The van der Waals surface area contributed by atoms with E-state index >= 15 is 0 Å². The first-order valence-corrected chi connectivity index (χ1v) is 8.53. The fourth-order valence-electron chi connectivity index (χ4n) is 2.50. The molecule has 1 amide bonds. The summed E-state index contributed by atoms with van der Waals surface area (Å²) in [6.45, 7) is 0. The van der Waals surface area contributed by atoms with Crippen LogP contribution in [0.2, 0.25) is 0 Å². The number of rotatable bonds is 6. The van der Waals surface area contributed by atoms with Crippen LogP contribution in [0.15, 0.2) is 53.1 Å². The third kappa shape index (κ3) is 5.00. The molecule has 0 saturated heterocycles. The lowest BCUT2D eigenvalue weighted by molar-refractivity contribution is -0.139. The van der Waals surface area contributed by atoms with Gasteiger partial charge in [0.25, 0.3) is 5.89 Å². The average molecular weight is 420 g/mol. The minimum Gasteiger partial charge on any atom is -0.481 e. The van der Waals surface area contributed by atoms with Crippen LogP contribution in [-0.2, 0) is 15.8 Å². The van der Waals surface area contributed by atoms with E-state index in [2.05, 4.69) is 15.5 Å². The Morgan fingerprint density at radius 3 is 2.47 bits per heavy atom. The largest absolute Gasteiger partial charge is 0.481 e. The highest BCUT2D eigenvalue weighted by atomic mass is 19.4. The number of nitrogens with one attached hydrogen (secondary N) is 1. The first-order chi connectivity index (χ1) is 14.1. The van der Waals surface area contributed by atoms with E-state index in [1.54, 1.807) is 12.1 Å². The quantitative estimate of drug-likeness (QED) is 0.558. The highest BCUT2D eigenvalue weighted by molar-refractivity contribution is 5.96. The predicted molar refractivity (Wildman–Crippen MR) is 99.0 cm³/mol. The second kappa shape index (κ2) is 8.33. The average Bonchev–Trinajstić information content (AvgIpc) is 3.18. The lowest BCUT2D eigenvalue weighted by Gasteiger charge is -2.10. The van der Waals surface area contributed by atoms with Gasteiger partial charge in [-0.2, -0.15) is 18.2 Å². The maximum Gasteiger partial charge on any atom is 0.416 e. The molecule has 0 radical (unpaired) electrons. The van der Waals surface area contributed by atoms with E-state index in [9.17, 15) is 22.8 Å². The summed E-state index contributed by atoms with van der Waals surface area (Å²) >= 11 is 0. The monoisotopic (exact) mass is 420 g/mol. The number of nitrogens with two attached hydrogens (primary N) is 1. The molecule has 3 rings (SSSR count). The smallest absolute Gasteiger partial charge is 0.416 e. The Labute approximate surface area is 167 Å². The fourth-order valence-corrected chi connectivity index (χ4v) is 2.50. The molecule has 1 aromatic heterocycles. The van der Waals surface area contributed by atoms with Crippen molar-refractivity contribution in [1.29, 1.82) is 0 Å². The molecular formula is C19H15F3N4O4. The molecule has 3 aromatic rings. The molecule has 0 bridgehead atoms. The van der Waals surface area contributed by atoms with Crippen LogP contribution >= 0.6 is 0 Å². The van der Waals surface area contributed by atoms with Crippen molar-refractivity contribution in [3.63, 3.8) is 0 Å². The number of carboxylic acids is 1. The van der Waals surface area contributed by atoms with Crippen molar-refractivity contribution in [1.82, 2.24) is 10.1 Å². The molecule has 0 fully saturated rings. The number of carbonyl (C=O) groups excluding carboxylic acids is 1. The normalized spacial score (nSPS) is 12.4. The van der Waals surface area contributed by atoms with Crippen LogP contribution in [0.25, 0.3) is 22.8 Å². The van der Waals surface area contributed by atoms with Crippen LogP contribution in [0, 0.1) is 0 Å². The van der Waals surface area contributed by atoms with Crippen molar-refractivity contribution in [2.75, 3.05) is 5.32 Å². The fraction of sp³-hybridized carbons (Fsp3) is 0.158. The summed E-state index contributed by atoms with van der Waals surface area (Å²) in [5.74, 6) is -1.79. The number of nitrogens with zero attached hydrogens (tertiary/aromatic N) is 2. The number of alkyl halides is 3. The third-order valence-electron chi connectivity index (χ3n) is 4.00. The molecule has 1 atom stereocenters. The number of carbonyl (C=O) groups is 2. The highest BCUT2D eigenvalue weighted by Gasteiger charge is 2.30. The SMILES string of the molecule is NC(CC(=O)O)C(=O)Nc1ccc(-c2nc(-c3cccc(C(F)(F)F)c3)no2)cc1. The van der Waals surface area contributed by atoms with Crippen molar-refractivity contribution in [3.8, 4) is 22.8 Å². The lowest BCUT2D eigenvalue weighted by Crippen LogP contribution is -2.37. The topological polar surface area (TPSA) is 131 Å². The van der Waals surface area contributed by atoms with Crippen molar-refractivity contribution in [3.05, 3.63) is 54.1 Å². The Balaban J connectivity index is 1.73. The summed E-state index contributed by atoms with van der Waals surface area (Å²) in [5.41, 5.74) is 5.64. The number of carboxylic acid groups (broad SMARTS) is 1. The number of hydrogen-bond acceptors (Lipinski definition) is 6. The van der Waals surface area contributed by atoms with Crippen LogP contribution < -0.4 is 11.1 Å². The molecule has 156 valence electrons. The Kier molecular flexibility index (Phi) is 5.83. The number of halogens is 3. The summed E-state index contributed by atoms with van der Waals surface area (Å²) in [4.78, 5) is 26.5. The first kappa shape index (κ1) is 21.0. The van der Waals surface area contributed by atoms with Crippen LogP contribution in [0.5, 0.6) is 0 Å². The number of aliphatic carboxylic acids is 1. The van der Waals surface area contributed by atoms with Gasteiger partial charge in [0.1, 0.15) is 0 Å². The van der Waals surface area contributed by atoms with Crippen LogP contribution in [0.3, 0.4) is 0 Å². The van der Waals surface area contributed by atoms with E-state index in [0.29, 0.717) is 11.3 Å². The van der Waals surface area contributed by atoms with Crippen molar-refractivity contribution >= 4 is 17.6 Å². The molecule has 0 spiro atoms. The van der Waals surface area contributed by atoms with E-state index in [4.69, 9.17) is 15.4 Å². The molecular weight excluding hydrogens is 405 g/mol. The van der Waals surface area contributed by atoms with Crippen molar-refractivity contribution in [2.45, 2.75) is 18.6 Å². The molecule has 0 aliphatic carbocycles. The molecule has 11 heteroatoms. The van der Waals surface area contributed by atoms with Crippen molar-refractivity contribution < 1.29 is 32.4 Å². The zero-order valence-corrected chi connectivity index (χ0v) is 15.2. The Hall–Kier alpha value is -3.73. The maximum absolute atomic E-state index is 12.9. The molecule has 1 unspecified atom stereocenters. The van der Waals surface area contributed by atoms with Gasteiger partial charge in [0.05, 0.1) is 18.0 Å². The second-order valence-electron chi connectivity index (χ2n) is 6.27. The molecule has 8 nitrogen and oxygen atoms in total. The molecule has 0 saturated carbocycles. The van der Waals surface area contributed by atoms with Gasteiger partial charge in [-0.05, 0) is 36.4 Å². The lowest BCUT2D eigenvalue weighted by atomic mass is 10.1. The molecule has 0 aliphatic rings. The second-order valence-corrected chi connectivity index (χ2v) is 6.27. The molecule has 0 aliphatic heterocycles. The number of hydrogen-bond donors (Lipinski definition) is 3. The summed E-state index contributed by atoms with van der Waals surface area (Å²) in [6.07, 6.45) is -5.00. The van der Waals surface area contributed by atoms with E-state index in [-0.39, 0.29) is 17.3 Å². The minimum absolute atomic E-state index is 0.00637. The first-order valence-electron chi connectivity index (χ1n) is 8.53. The minimum atomic E-state index is -4.49. The molecule has 2 aromatic carbocycles. The van der Waals surface area contributed by atoms with Gasteiger partial charge in [0.2, 0.25) is 11.7 Å². The number of benzene rings is 2. The van der Waals surface area contributed by atoms with E-state index < -0.39 is 36.1 Å². The zero-order valence-electron chi connectivity index (χ0n) is 15.2. The van der Waals surface area contributed by atoms with Gasteiger partial charge in [-0.1, -0.05) is 17.3 Å². The van der Waals surface area contributed by atoms with E-state index in [1.165, 1.54) is 24.3 Å². The van der Waals surface area contributed by atoms with Gasteiger partial charge in [-0.25, -0.2) is 0 Å². The molecule has 30 heavy (non-hydrogen) atoms. The van der Waals surface area contributed by atoms with Crippen LogP contribution in [-0.4, -0.2) is 33.2 Å². The van der Waals surface area contributed by atoms with Crippen molar-refractivity contribution in [2.24, 2.45) is 5.73 Å². The maximum atomic E-state index is 12.9. The van der Waals surface area contributed by atoms with Gasteiger partial charge in [-0.15, -0.1) is 0 Å². The summed E-state index contributed by atoms with van der Waals surface area (Å²) in [6, 6.07) is 9.46. The van der Waals surface area contributed by atoms with Gasteiger partial charge >= 0.3 is 12.1 Å². The van der Waals surface area contributed by atoms with Crippen LogP contribution in [0.4, 0.5) is 18.9 Å². The summed E-state index contributed by atoms with van der Waals surface area (Å²) in [5, 5.41) is 14.9. The summed E-state index contributed by atoms with van der Waals surface area (Å²) < 4.78 is 43.7. The van der Waals surface area contributed by atoms with E-state index in [0.717, 1.165) is 12.1 Å². The Morgan fingerprint density at radius 1 is 1.13 bits per heavy atom. The molecule has 1 heterocycles. The molecule has 4 N–H and O–H groups in total. The van der Waals surface area contributed by atoms with Gasteiger partial charge < -0.3 is 20.7 Å². The van der Waals surface area contributed by atoms with E-state index in [1.807, 2.05) is 0 Å². The Morgan fingerprint density at radius 2 is 1.83 bits per heavy atom. The zero-order chi connectivity index (χ0) is 21.9. The predicted octanol–water partition coefficient (Wildman–Crippen LogP) is 3.16. The Bertz CT molecular complexity index is 1060. The van der Waals surface area contributed by atoms with Gasteiger partial charge in [0, 0.05) is 16.8 Å². The third-order valence-corrected chi connectivity index (χ3v) is 4.00. The number of aromatic nitrogens is 2. The highest BCUT2D eigenvalue weighted by Crippen LogP contribution is 2.32. The summed E-state index contributed by atoms with van der Waals surface area (Å²) in [7, 11) is 0. The number of anilines is 1.